The van der Waals surface area contributed by atoms with Crippen LogP contribution in [0.5, 0.6) is 0 Å². The van der Waals surface area contributed by atoms with Gasteiger partial charge in [0.15, 0.2) is 0 Å². The molecule has 4 nitrogen and oxygen atoms in total. The van der Waals surface area contributed by atoms with E-state index in [9.17, 15) is 5.11 Å². The highest BCUT2D eigenvalue weighted by atomic mass is 16.4. The third-order valence-electron chi connectivity index (χ3n) is 5.58. The maximum Gasteiger partial charge on any atom is 0.208 e. The molecule has 116 valence electrons. The van der Waals surface area contributed by atoms with Crippen LogP contribution in [0, 0.1) is 5.92 Å². The summed E-state index contributed by atoms with van der Waals surface area (Å²) in [6, 6.07) is 0.525. The molecule has 2 heterocycles. The molecule has 1 aromatic rings. The molecule has 1 saturated heterocycles. The number of aliphatic hydroxyl groups excluding tert-OH is 1. The first-order chi connectivity index (χ1) is 10.3. The van der Waals surface area contributed by atoms with Gasteiger partial charge in [-0.2, -0.15) is 0 Å². The fourth-order valence-electron chi connectivity index (χ4n) is 4.25. The summed E-state index contributed by atoms with van der Waals surface area (Å²) in [7, 11) is 0. The van der Waals surface area contributed by atoms with E-state index in [-0.39, 0.29) is 6.10 Å². The zero-order valence-electron chi connectivity index (χ0n) is 12.7. The van der Waals surface area contributed by atoms with E-state index in [1.54, 1.807) is 0 Å². The second kappa shape index (κ2) is 5.73. The summed E-state index contributed by atoms with van der Waals surface area (Å²) in [5, 5.41) is 10.3. The van der Waals surface area contributed by atoms with E-state index < -0.39 is 0 Å². The lowest BCUT2D eigenvalue weighted by molar-refractivity contribution is 0.0181. The van der Waals surface area contributed by atoms with E-state index in [2.05, 4.69) is 9.88 Å². The van der Waals surface area contributed by atoms with Crippen LogP contribution in [0.4, 0.5) is 0 Å². The molecule has 2 aliphatic carbocycles. The second-order valence-corrected chi connectivity index (χ2v) is 7.13. The van der Waals surface area contributed by atoms with Crippen LogP contribution in [0.1, 0.15) is 68.9 Å². The Morgan fingerprint density at radius 1 is 1.14 bits per heavy atom. The van der Waals surface area contributed by atoms with E-state index in [0.29, 0.717) is 17.9 Å². The Hall–Kier alpha value is -0.870. The summed E-state index contributed by atoms with van der Waals surface area (Å²) in [4.78, 5) is 6.97. The summed E-state index contributed by atoms with van der Waals surface area (Å²) in [5.41, 5.74) is 0. The monoisotopic (exact) mass is 290 g/mol. The average molecular weight is 290 g/mol. The molecule has 4 heteroatoms. The second-order valence-electron chi connectivity index (χ2n) is 7.13. The van der Waals surface area contributed by atoms with E-state index in [1.807, 2.05) is 6.20 Å². The minimum absolute atomic E-state index is 0.101. The lowest BCUT2D eigenvalue weighted by Gasteiger charge is -2.36. The molecule has 3 aliphatic rings. The molecule has 0 radical (unpaired) electrons. The fraction of sp³-hybridized carbons (Fsp3) is 0.824. The Kier molecular flexibility index (Phi) is 3.76. The standard InChI is InChI=1S/C17H26N2O2/c20-15-6-2-1-4-13(15)14-5-3-9-19(14)11-17-18-10-16(21-17)12-7-8-12/h10,12-15,20H,1-9,11H2/t13-,14+,15-/m1/s1. The molecule has 0 amide bonds. The van der Waals surface area contributed by atoms with Gasteiger partial charge in [-0.3, -0.25) is 4.90 Å². The van der Waals surface area contributed by atoms with Gasteiger partial charge in [0.25, 0.3) is 0 Å². The van der Waals surface area contributed by atoms with Crippen molar-refractivity contribution in [1.82, 2.24) is 9.88 Å². The van der Waals surface area contributed by atoms with Crippen LogP contribution in [0.25, 0.3) is 0 Å². The molecule has 3 fully saturated rings. The highest BCUT2D eigenvalue weighted by molar-refractivity contribution is 5.08. The van der Waals surface area contributed by atoms with Crippen LogP contribution >= 0.6 is 0 Å². The smallest absolute Gasteiger partial charge is 0.208 e. The SMILES string of the molecule is O[C@@H]1CCCC[C@@H]1[C@@H]1CCCN1Cc1ncc(C2CC2)o1. The van der Waals surface area contributed by atoms with Crippen molar-refractivity contribution in [3.8, 4) is 0 Å². The number of hydrogen-bond donors (Lipinski definition) is 1. The molecule has 1 N–H and O–H groups in total. The number of nitrogens with zero attached hydrogens (tertiary/aromatic N) is 2. The third-order valence-corrected chi connectivity index (χ3v) is 5.58. The van der Waals surface area contributed by atoms with Gasteiger partial charge < -0.3 is 9.52 Å². The Morgan fingerprint density at radius 3 is 2.81 bits per heavy atom. The van der Waals surface area contributed by atoms with E-state index in [4.69, 9.17) is 4.42 Å². The van der Waals surface area contributed by atoms with Gasteiger partial charge in [-0.1, -0.05) is 12.8 Å². The number of hydrogen-bond acceptors (Lipinski definition) is 4. The van der Waals surface area contributed by atoms with Crippen LogP contribution in [0.2, 0.25) is 0 Å². The molecule has 0 unspecified atom stereocenters. The van der Waals surface area contributed by atoms with Crippen LogP contribution in [0.15, 0.2) is 10.6 Å². The minimum atomic E-state index is -0.101. The molecule has 21 heavy (non-hydrogen) atoms. The van der Waals surface area contributed by atoms with Crippen molar-refractivity contribution < 1.29 is 9.52 Å². The molecular formula is C17H26N2O2. The summed E-state index contributed by atoms with van der Waals surface area (Å²) in [5.74, 6) is 3.05. The zero-order chi connectivity index (χ0) is 14.2. The highest BCUT2D eigenvalue weighted by Crippen LogP contribution is 2.40. The molecule has 1 aromatic heterocycles. The first-order valence-electron chi connectivity index (χ1n) is 8.68. The van der Waals surface area contributed by atoms with Gasteiger partial charge in [0.2, 0.25) is 5.89 Å². The Morgan fingerprint density at radius 2 is 2.00 bits per heavy atom. The average Bonchev–Trinajstić information content (AvgIpc) is 3.07. The van der Waals surface area contributed by atoms with Gasteiger partial charge in [0.1, 0.15) is 5.76 Å². The van der Waals surface area contributed by atoms with E-state index >= 15 is 0 Å². The minimum Gasteiger partial charge on any atom is -0.444 e. The summed E-state index contributed by atoms with van der Waals surface area (Å²) in [6.45, 7) is 1.94. The normalized spacial score (nSPS) is 34.4. The molecule has 0 aromatic carbocycles. The summed E-state index contributed by atoms with van der Waals surface area (Å²) >= 11 is 0. The molecule has 1 aliphatic heterocycles. The third kappa shape index (κ3) is 2.88. The fourth-order valence-corrected chi connectivity index (χ4v) is 4.25. The van der Waals surface area contributed by atoms with Crippen molar-refractivity contribution in [3.63, 3.8) is 0 Å². The predicted molar refractivity (Wildman–Crippen MR) is 79.9 cm³/mol. The van der Waals surface area contributed by atoms with Crippen LogP contribution in [-0.4, -0.2) is 33.7 Å². The number of likely N-dealkylation sites (tertiary alicyclic amines) is 1. The largest absolute Gasteiger partial charge is 0.444 e. The number of aromatic nitrogens is 1. The van der Waals surface area contributed by atoms with Crippen molar-refractivity contribution in [2.24, 2.45) is 5.92 Å². The van der Waals surface area contributed by atoms with Crippen molar-refractivity contribution in [2.45, 2.75) is 76.0 Å². The Bertz CT molecular complexity index is 483. The molecule has 0 spiro atoms. The van der Waals surface area contributed by atoms with Crippen LogP contribution in [-0.2, 0) is 6.54 Å². The van der Waals surface area contributed by atoms with E-state index in [0.717, 1.165) is 31.2 Å². The zero-order valence-corrected chi connectivity index (χ0v) is 12.7. The molecule has 4 rings (SSSR count). The molecule has 3 atom stereocenters. The maximum absolute atomic E-state index is 10.3. The molecule has 2 saturated carbocycles. The lowest BCUT2D eigenvalue weighted by atomic mass is 9.80. The van der Waals surface area contributed by atoms with Gasteiger partial charge in [-0.25, -0.2) is 4.98 Å². The number of rotatable bonds is 4. The Labute approximate surface area is 126 Å². The van der Waals surface area contributed by atoms with Gasteiger partial charge in [0.05, 0.1) is 18.8 Å². The van der Waals surface area contributed by atoms with Crippen LogP contribution in [0.3, 0.4) is 0 Å². The topological polar surface area (TPSA) is 49.5 Å². The maximum atomic E-state index is 10.3. The number of aliphatic hydroxyl groups is 1. The van der Waals surface area contributed by atoms with Crippen molar-refractivity contribution in [1.29, 1.82) is 0 Å². The highest BCUT2D eigenvalue weighted by Gasteiger charge is 2.37. The summed E-state index contributed by atoms with van der Waals surface area (Å²) in [6.07, 6.45) is 11.4. The molecular weight excluding hydrogens is 264 g/mol. The quantitative estimate of drug-likeness (QED) is 0.926. The van der Waals surface area contributed by atoms with Crippen molar-refractivity contribution in [3.05, 3.63) is 17.8 Å². The first kappa shape index (κ1) is 13.8. The van der Waals surface area contributed by atoms with Gasteiger partial charge >= 0.3 is 0 Å². The molecule has 0 bridgehead atoms. The van der Waals surface area contributed by atoms with Crippen molar-refractivity contribution in [2.75, 3.05) is 6.54 Å². The first-order valence-corrected chi connectivity index (χ1v) is 8.68. The van der Waals surface area contributed by atoms with Crippen molar-refractivity contribution >= 4 is 0 Å². The van der Waals surface area contributed by atoms with Gasteiger partial charge in [-0.15, -0.1) is 0 Å². The van der Waals surface area contributed by atoms with E-state index in [1.165, 1.54) is 44.9 Å². The summed E-state index contributed by atoms with van der Waals surface area (Å²) < 4.78 is 5.92. The van der Waals surface area contributed by atoms with Crippen LogP contribution < -0.4 is 0 Å². The predicted octanol–water partition coefficient (Wildman–Crippen LogP) is 3.07. The number of oxazole rings is 1. The lowest BCUT2D eigenvalue weighted by Crippen LogP contribution is -2.42. The van der Waals surface area contributed by atoms with Gasteiger partial charge in [-0.05, 0) is 45.1 Å². The Balaban J connectivity index is 1.42. The van der Waals surface area contributed by atoms with Gasteiger partial charge in [0, 0.05) is 17.9 Å².